The minimum atomic E-state index is 0.212. The third kappa shape index (κ3) is 3.10. The van der Waals surface area contributed by atoms with Crippen LogP contribution in [0.1, 0.15) is 5.56 Å². The van der Waals surface area contributed by atoms with Gasteiger partial charge >= 0.3 is 0 Å². The molecule has 2 N–H and O–H groups in total. The molecular weight excluding hydrogens is 314 g/mol. The van der Waals surface area contributed by atoms with E-state index in [1.165, 1.54) is 0 Å². The Bertz CT molecular complexity index is 1050. The molecule has 6 heteroatoms. The molecule has 4 aromatic rings. The van der Waals surface area contributed by atoms with Gasteiger partial charge < -0.3 is 10.4 Å². The molecule has 0 saturated carbocycles. The molecule has 6 nitrogen and oxygen atoms in total. The first-order valence-corrected chi connectivity index (χ1v) is 7.80. The third-order valence-electron chi connectivity index (χ3n) is 3.83. The van der Waals surface area contributed by atoms with E-state index in [1.54, 1.807) is 42.9 Å². The van der Waals surface area contributed by atoms with Crippen molar-refractivity contribution in [2.75, 3.05) is 5.32 Å². The highest BCUT2D eigenvalue weighted by Crippen LogP contribution is 2.23. The van der Waals surface area contributed by atoms with E-state index in [0.717, 1.165) is 28.1 Å². The second kappa shape index (κ2) is 6.16. The summed E-state index contributed by atoms with van der Waals surface area (Å²) in [5.41, 5.74) is 4.14. The van der Waals surface area contributed by atoms with Crippen LogP contribution in [0.3, 0.4) is 0 Å². The van der Waals surface area contributed by atoms with Crippen molar-refractivity contribution in [2.45, 2.75) is 6.92 Å². The number of aryl methyl sites for hydroxylation is 1. The zero-order chi connectivity index (χ0) is 17.2. The lowest BCUT2D eigenvalue weighted by Gasteiger charge is -2.08. The van der Waals surface area contributed by atoms with Gasteiger partial charge in [-0.05, 0) is 48.9 Å². The number of nitrogens with zero attached hydrogens (tertiary/aromatic N) is 4. The topological polar surface area (TPSA) is 83.8 Å². The normalized spacial score (nSPS) is 10.8. The lowest BCUT2D eigenvalue weighted by Crippen LogP contribution is -1.98. The van der Waals surface area contributed by atoms with Gasteiger partial charge in [0.05, 0.1) is 23.6 Å². The second-order valence-corrected chi connectivity index (χ2v) is 5.66. The Morgan fingerprint density at radius 3 is 2.56 bits per heavy atom. The number of fused-ring (bicyclic) bond motifs is 1. The molecule has 0 fully saturated rings. The summed E-state index contributed by atoms with van der Waals surface area (Å²) < 4.78 is 0. The molecule has 0 radical (unpaired) electrons. The highest BCUT2D eigenvalue weighted by molar-refractivity contribution is 5.79. The maximum Gasteiger partial charge on any atom is 0.159 e. The molecule has 0 aliphatic heterocycles. The molecule has 3 heterocycles. The number of pyridine rings is 2. The van der Waals surface area contributed by atoms with E-state index in [-0.39, 0.29) is 5.75 Å². The lowest BCUT2D eigenvalue weighted by molar-refractivity contribution is 0.475. The first kappa shape index (κ1) is 15.0. The summed E-state index contributed by atoms with van der Waals surface area (Å²) in [5.74, 6) is 1.58. The number of anilines is 2. The van der Waals surface area contributed by atoms with E-state index in [0.29, 0.717) is 11.3 Å². The molecule has 3 aromatic heterocycles. The van der Waals surface area contributed by atoms with Crippen molar-refractivity contribution in [1.29, 1.82) is 0 Å². The fourth-order valence-electron chi connectivity index (χ4n) is 2.49. The Morgan fingerprint density at radius 2 is 1.76 bits per heavy atom. The summed E-state index contributed by atoms with van der Waals surface area (Å²) in [5, 5.41) is 12.7. The van der Waals surface area contributed by atoms with Crippen molar-refractivity contribution >= 4 is 22.5 Å². The summed E-state index contributed by atoms with van der Waals surface area (Å²) >= 11 is 0. The first-order chi connectivity index (χ1) is 12.2. The zero-order valence-corrected chi connectivity index (χ0v) is 13.5. The molecule has 0 spiro atoms. The molecule has 4 rings (SSSR count). The molecule has 0 amide bonds. The summed E-state index contributed by atoms with van der Waals surface area (Å²) in [7, 11) is 0. The van der Waals surface area contributed by atoms with Gasteiger partial charge in [0.2, 0.25) is 0 Å². The number of rotatable bonds is 3. The number of aromatic hydroxyl groups is 1. The Labute approximate surface area is 144 Å². The van der Waals surface area contributed by atoms with E-state index in [1.807, 2.05) is 25.1 Å². The smallest absolute Gasteiger partial charge is 0.159 e. The van der Waals surface area contributed by atoms with Gasteiger partial charge in [0.1, 0.15) is 17.1 Å². The van der Waals surface area contributed by atoms with Crippen LogP contribution in [0.5, 0.6) is 5.75 Å². The van der Waals surface area contributed by atoms with Crippen molar-refractivity contribution in [1.82, 2.24) is 19.9 Å². The molecule has 0 saturated heterocycles. The number of benzene rings is 1. The van der Waals surface area contributed by atoms with Crippen LogP contribution in [0.15, 0.2) is 61.1 Å². The number of hydrogen-bond donors (Lipinski definition) is 2. The molecule has 0 atom stereocenters. The Balaban J connectivity index is 1.71. The number of hydrogen-bond acceptors (Lipinski definition) is 6. The average Bonchev–Trinajstić information content (AvgIpc) is 2.64. The second-order valence-electron chi connectivity index (χ2n) is 5.66. The SMILES string of the molecule is Cc1cccnc1Nc1cnc2cnc(-c3ccc(O)cc3)nc2c1. The summed E-state index contributed by atoms with van der Waals surface area (Å²) in [6.45, 7) is 1.99. The van der Waals surface area contributed by atoms with Crippen LogP contribution >= 0.6 is 0 Å². The van der Waals surface area contributed by atoms with Crippen LogP contribution in [0.2, 0.25) is 0 Å². The van der Waals surface area contributed by atoms with Gasteiger partial charge in [0, 0.05) is 11.8 Å². The fraction of sp³-hybridized carbons (Fsp3) is 0.0526. The Hall–Kier alpha value is -3.54. The van der Waals surface area contributed by atoms with Gasteiger partial charge in [0.15, 0.2) is 5.82 Å². The molecule has 0 unspecified atom stereocenters. The van der Waals surface area contributed by atoms with Gasteiger partial charge in [-0.1, -0.05) is 6.07 Å². The van der Waals surface area contributed by atoms with Gasteiger partial charge in [-0.3, -0.25) is 4.98 Å². The van der Waals surface area contributed by atoms with Crippen LogP contribution in [-0.4, -0.2) is 25.0 Å². The van der Waals surface area contributed by atoms with Crippen LogP contribution < -0.4 is 5.32 Å². The van der Waals surface area contributed by atoms with Gasteiger partial charge in [-0.2, -0.15) is 0 Å². The molecule has 0 bridgehead atoms. The molecule has 122 valence electrons. The summed E-state index contributed by atoms with van der Waals surface area (Å²) in [6, 6.07) is 12.6. The van der Waals surface area contributed by atoms with E-state index in [4.69, 9.17) is 0 Å². The first-order valence-electron chi connectivity index (χ1n) is 7.80. The molecular formula is C19H15N5O. The number of phenols is 1. The monoisotopic (exact) mass is 329 g/mol. The van der Waals surface area contributed by atoms with E-state index >= 15 is 0 Å². The highest BCUT2D eigenvalue weighted by Gasteiger charge is 2.06. The molecule has 0 aliphatic carbocycles. The van der Waals surface area contributed by atoms with Crippen molar-refractivity contribution in [2.24, 2.45) is 0 Å². The predicted molar refractivity (Wildman–Crippen MR) is 96.7 cm³/mol. The summed E-state index contributed by atoms with van der Waals surface area (Å²) in [6.07, 6.45) is 5.18. The van der Waals surface area contributed by atoms with E-state index in [2.05, 4.69) is 25.3 Å². The zero-order valence-electron chi connectivity index (χ0n) is 13.5. The average molecular weight is 329 g/mol. The lowest BCUT2D eigenvalue weighted by atomic mass is 10.2. The number of phenolic OH excluding ortho intramolecular Hbond substituents is 1. The van der Waals surface area contributed by atoms with Crippen molar-refractivity contribution < 1.29 is 5.11 Å². The van der Waals surface area contributed by atoms with Gasteiger partial charge in [-0.15, -0.1) is 0 Å². The van der Waals surface area contributed by atoms with Crippen molar-refractivity contribution in [3.05, 3.63) is 66.6 Å². The minimum Gasteiger partial charge on any atom is -0.508 e. The van der Waals surface area contributed by atoms with Crippen molar-refractivity contribution in [3.8, 4) is 17.1 Å². The third-order valence-corrected chi connectivity index (χ3v) is 3.83. The Morgan fingerprint density at radius 1 is 0.920 bits per heavy atom. The van der Waals surface area contributed by atoms with Gasteiger partial charge in [-0.25, -0.2) is 15.0 Å². The quantitative estimate of drug-likeness (QED) is 0.594. The Kier molecular flexibility index (Phi) is 3.70. The standard InChI is InChI=1S/C19H15N5O/c1-12-3-2-8-20-18(12)23-14-9-16-17(21-10-14)11-22-19(24-16)13-4-6-15(25)7-5-13/h2-11,25H,1H3,(H,20,23). The molecule has 25 heavy (non-hydrogen) atoms. The van der Waals surface area contributed by atoms with Crippen LogP contribution in [0, 0.1) is 6.92 Å². The van der Waals surface area contributed by atoms with E-state index in [9.17, 15) is 5.11 Å². The predicted octanol–water partition coefficient (Wildman–Crippen LogP) is 3.84. The minimum absolute atomic E-state index is 0.212. The van der Waals surface area contributed by atoms with Gasteiger partial charge in [0.25, 0.3) is 0 Å². The molecule has 1 aromatic carbocycles. The number of nitrogens with one attached hydrogen (secondary N) is 1. The maximum absolute atomic E-state index is 9.41. The number of aromatic nitrogens is 4. The molecule has 0 aliphatic rings. The van der Waals surface area contributed by atoms with E-state index < -0.39 is 0 Å². The van der Waals surface area contributed by atoms with Crippen LogP contribution in [-0.2, 0) is 0 Å². The van der Waals surface area contributed by atoms with Crippen molar-refractivity contribution in [3.63, 3.8) is 0 Å². The largest absolute Gasteiger partial charge is 0.508 e. The van der Waals surface area contributed by atoms with Crippen LogP contribution in [0.25, 0.3) is 22.4 Å². The highest BCUT2D eigenvalue weighted by atomic mass is 16.3. The maximum atomic E-state index is 9.41. The summed E-state index contributed by atoms with van der Waals surface area (Å²) in [4.78, 5) is 17.7. The van der Waals surface area contributed by atoms with Crippen LogP contribution in [0.4, 0.5) is 11.5 Å². The fourth-order valence-corrected chi connectivity index (χ4v) is 2.49.